The monoisotopic (exact) mass is 357 g/mol. The molecule has 0 saturated carbocycles. The SMILES string of the molecule is COc1ccccc1OCCNC(=O)[C@@H](C)Oc1ccccc1C(C)C. The van der Waals surface area contributed by atoms with Gasteiger partial charge in [0.25, 0.3) is 5.91 Å². The van der Waals surface area contributed by atoms with Crippen LogP contribution in [0.1, 0.15) is 32.3 Å². The first kappa shape index (κ1) is 19.6. The third kappa shape index (κ3) is 5.41. The molecule has 1 amide bonds. The molecular weight excluding hydrogens is 330 g/mol. The molecule has 2 aromatic carbocycles. The number of carbonyl (C=O) groups excluding carboxylic acids is 1. The number of hydrogen-bond acceptors (Lipinski definition) is 4. The summed E-state index contributed by atoms with van der Waals surface area (Å²) in [5.41, 5.74) is 1.09. The molecule has 0 heterocycles. The highest BCUT2D eigenvalue weighted by Gasteiger charge is 2.16. The van der Waals surface area contributed by atoms with Crippen LogP contribution in [-0.4, -0.2) is 32.3 Å². The fourth-order valence-corrected chi connectivity index (χ4v) is 2.53. The Bertz CT molecular complexity index is 715. The van der Waals surface area contributed by atoms with Crippen LogP contribution in [0.25, 0.3) is 0 Å². The standard InChI is InChI=1S/C21H27NO4/c1-15(2)17-9-5-6-10-18(17)26-16(3)21(23)22-13-14-25-20-12-8-7-11-19(20)24-4/h5-12,15-16H,13-14H2,1-4H3,(H,22,23)/t16-/m1/s1. The molecule has 2 aromatic rings. The lowest BCUT2D eigenvalue weighted by atomic mass is 10.0. The summed E-state index contributed by atoms with van der Waals surface area (Å²) in [6.07, 6.45) is -0.582. The molecule has 0 bridgehead atoms. The molecule has 1 N–H and O–H groups in total. The second-order valence-electron chi connectivity index (χ2n) is 6.24. The maximum atomic E-state index is 12.2. The minimum absolute atomic E-state index is 0.174. The van der Waals surface area contributed by atoms with E-state index < -0.39 is 6.10 Å². The lowest BCUT2D eigenvalue weighted by Crippen LogP contribution is -2.38. The normalized spacial score (nSPS) is 11.7. The molecule has 0 spiro atoms. The van der Waals surface area contributed by atoms with Gasteiger partial charge in [0.05, 0.1) is 13.7 Å². The zero-order valence-electron chi connectivity index (χ0n) is 15.8. The molecule has 0 fully saturated rings. The second kappa shape index (κ2) is 9.70. The number of ether oxygens (including phenoxy) is 3. The maximum absolute atomic E-state index is 12.2. The smallest absolute Gasteiger partial charge is 0.260 e. The van der Waals surface area contributed by atoms with E-state index in [4.69, 9.17) is 14.2 Å². The van der Waals surface area contributed by atoms with Crippen molar-refractivity contribution < 1.29 is 19.0 Å². The van der Waals surface area contributed by atoms with Gasteiger partial charge in [-0.2, -0.15) is 0 Å². The quantitative estimate of drug-likeness (QED) is 0.694. The lowest BCUT2D eigenvalue weighted by Gasteiger charge is -2.18. The van der Waals surface area contributed by atoms with Crippen LogP contribution in [0.3, 0.4) is 0 Å². The van der Waals surface area contributed by atoms with Crippen molar-refractivity contribution >= 4 is 5.91 Å². The third-order valence-electron chi connectivity index (χ3n) is 3.94. The predicted octanol–water partition coefficient (Wildman–Crippen LogP) is 3.78. The van der Waals surface area contributed by atoms with Crippen LogP contribution < -0.4 is 19.5 Å². The summed E-state index contributed by atoms with van der Waals surface area (Å²) in [6.45, 7) is 6.68. The summed E-state index contributed by atoms with van der Waals surface area (Å²) >= 11 is 0. The molecule has 0 aromatic heterocycles. The molecule has 140 valence electrons. The van der Waals surface area contributed by atoms with E-state index in [2.05, 4.69) is 19.2 Å². The number of methoxy groups -OCH3 is 1. The molecule has 2 rings (SSSR count). The van der Waals surface area contributed by atoms with Crippen molar-refractivity contribution in [3.8, 4) is 17.2 Å². The Hall–Kier alpha value is -2.69. The lowest BCUT2D eigenvalue weighted by molar-refractivity contribution is -0.127. The van der Waals surface area contributed by atoms with Gasteiger partial charge in [-0.3, -0.25) is 4.79 Å². The molecule has 0 aliphatic rings. The number of benzene rings is 2. The van der Waals surface area contributed by atoms with E-state index in [1.807, 2.05) is 48.5 Å². The number of carbonyl (C=O) groups is 1. The molecule has 0 saturated heterocycles. The van der Waals surface area contributed by atoms with Crippen LogP contribution in [-0.2, 0) is 4.79 Å². The summed E-state index contributed by atoms with van der Waals surface area (Å²) < 4.78 is 16.7. The van der Waals surface area contributed by atoms with Crippen LogP contribution in [0.4, 0.5) is 0 Å². The molecule has 1 atom stereocenters. The Balaban J connectivity index is 1.81. The fraction of sp³-hybridized carbons (Fsp3) is 0.381. The fourth-order valence-electron chi connectivity index (χ4n) is 2.53. The molecule has 5 nitrogen and oxygen atoms in total. The van der Waals surface area contributed by atoms with Crippen LogP contribution in [0.2, 0.25) is 0 Å². The van der Waals surface area contributed by atoms with Crippen molar-refractivity contribution in [1.29, 1.82) is 0 Å². The Kier molecular flexibility index (Phi) is 7.33. The molecule has 0 unspecified atom stereocenters. The van der Waals surface area contributed by atoms with Gasteiger partial charge < -0.3 is 19.5 Å². The Morgan fingerprint density at radius 2 is 1.58 bits per heavy atom. The number of rotatable bonds is 9. The first-order valence-corrected chi connectivity index (χ1v) is 8.82. The van der Waals surface area contributed by atoms with E-state index in [1.165, 1.54) is 0 Å². The van der Waals surface area contributed by atoms with Crippen LogP contribution in [0, 0.1) is 0 Å². The first-order valence-electron chi connectivity index (χ1n) is 8.82. The molecule has 0 aliphatic carbocycles. The van der Waals surface area contributed by atoms with Gasteiger partial charge in [-0.25, -0.2) is 0 Å². The molecular formula is C21H27NO4. The van der Waals surface area contributed by atoms with Gasteiger partial charge in [-0.05, 0) is 36.6 Å². The van der Waals surface area contributed by atoms with E-state index in [0.717, 1.165) is 11.3 Å². The second-order valence-corrected chi connectivity index (χ2v) is 6.24. The summed E-state index contributed by atoms with van der Waals surface area (Å²) in [7, 11) is 1.60. The van der Waals surface area contributed by atoms with Crippen molar-refractivity contribution in [3.63, 3.8) is 0 Å². The Morgan fingerprint density at radius 3 is 2.23 bits per heavy atom. The largest absolute Gasteiger partial charge is 0.493 e. The van der Waals surface area contributed by atoms with Crippen molar-refractivity contribution in [2.75, 3.05) is 20.3 Å². The van der Waals surface area contributed by atoms with Gasteiger partial charge in [-0.1, -0.05) is 44.2 Å². The van der Waals surface area contributed by atoms with Gasteiger partial charge in [0.2, 0.25) is 0 Å². The average molecular weight is 357 g/mol. The zero-order valence-corrected chi connectivity index (χ0v) is 15.8. The van der Waals surface area contributed by atoms with Crippen LogP contribution in [0.5, 0.6) is 17.2 Å². The van der Waals surface area contributed by atoms with Gasteiger partial charge in [0.15, 0.2) is 17.6 Å². The third-order valence-corrected chi connectivity index (χ3v) is 3.94. The van der Waals surface area contributed by atoms with Gasteiger partial charge in [0, 0.05) is 0 Å². The van der Waals surface area contributed by atoms with Crippen molar-refractivity contribution in [2.24, 2.45) is 0 Å². The highest BCUT2D eigenvalue weighted by Crippen LogP contribution is 2.27. The van der Waals surface area contributed by atoms with E-state index in [1.54, 1.807) is 14.0 Å². The highest BCUT2D eigenvalue weighted by atomic mass is 16.5. The Labute approximate surface area is 155 Å². The van der Waals surface area contributed by atoms with E-state index in [9.17, 15) is 4.79 Å². The van der Waals surface area contributed by atoms with Gasteiger partial charge in [-0.15, -0.1) is 0 Å². The topological polar surface area (TPSA) is 56.8 Å². The molecule has 5 heteroatoms. The van der Waals surface area contributed by atoms with Crippen LogP contribution >= 0.6 is 0 Å². The number of amides is 1. The van der Waals surface area contributed by atoms with Crippen LogP contribution in [0.15, 0.2) is 48.5 Å². The number of nitrogens with one attached hydrogen (secondary N) is 1. The summed E-state index contributed by atoms with van der Waals surface area (Å²) in [5.74, 6) is 2.22. The van der Waals surface area contributed by atoms with E-state index in [-0.39, 0.29) is 5.91 Å². The zero-order chi connectivity index (χ0) is 18.9. The van der Waals surface area contributed by atoms with Crippen molar-refractivity contribution in [2.45, 2.75) is 32.8 Å². The average Bonchev–Trinajstić information content (AvgIpc) is 2.65. The minimum atomic E-state index is -0.582. The highest BCUT2D eigenvalue weighted by molar-refractivity contribution is 5.80. The van der Waals surface area contributed by atoms with E-state index >= 15 is 0 Å². The Morgan fingerprint density at radius 1 is 0.962 bits per heavy atom. The van der Waals surface area contributed by atoms with Gasteiger partial charge in [0.1, 0.15) is 12.4 Å². The summed E-state index contributed by atoms with van der Waals surface area (Å²) in [4.78, 5) is 12.2. The molecule has 0 radical (unpaired) electrons. The number of para-hydroxylation sites is 3. The maximum Gasteiger partial charge on any atom is 0.260 e. The number of hydrogen-bond donors (Lipinski definition) is 1. The summed E-state index contributed by atoms with van der Waals surface area (Å²) in [5, 5.41) is 2.83. The molecule has 0 aliphatic heterocycles. The van der Waals surface area contributed by atoms with E-state index in [0.29, 0.717) is 30.6 Å². The predicted molar refractivity (Wildman–Crippen MR) is 102 cm³/mol. The van der Waals surface area contributed by atoms with Crippen molar-refractivity contribution in [1.82, 2.24) is 5.32 Å². The van der Waals surface area contributed by atoms with Gasteiger partial charge >= 0.3 is 0 Å². The minimum Gasteiger partial charge on any atom is -0.493 e. The molecule has 26 heavy (non-hydrogen) atoms. The summed E-state index contributed by atoms with van der Waals surface area (Å²) in [6, 6.07) is 15.2. The van der Waals surface area contributed by atoms with Crippen molar-refractivity contribution in [3.05, 3.63) is 54.1 Å². The first-order chi connectivity index (χ1) is 12.5.